The van der Waals surface area contributed by atoms with E-state index in [2.05, 4.69) is 16.7 Å². The van der Waals surface area contributed by atoms with Crippen LogP contribution in [0.1, 0.15) is 30.4 Å². The lowest BCUT2D eigenvalue weighted by molar-refractivity contribution is -0.121. The number of nitrogens with one attached hydrogen (secondary N) is 2. The fraction of sp³-hybridized carbons (Fsp3) is 0.632. The van der Waals surface area contributed by atoms with Crippen molar-refractivity contribution < 1.29 is 14.3 Å². The molecule has 0 bridgehead atoms. The smallest absolute Gasteiger partial charge is 0.221 e. The van der Waals surface area contributed by atoms with Crippen molar-refractivity contribution in [3.63, 3.8) is 0 Å². The summed E-state index contributed by atoms with van der Waals surface area (Å²) in [4.78, 5) is 12.2. The minimum atomic E-state index is 0. The summed E-state index contributed by atoms with van der Waals surface area (Å²) in [5.74, 6) is 3.08. The van der Waals surface area contributed by atoms with E-state index in [1.54, 1.807) is 0 Å². The highest BCUT2D eigenvalue weighted by molar-refractivity contribution is 7.99. The van der Waals surface area contributed by atoms with E-state index >= 15 is 0 Å². The lowest BCUT2D eigenvalue weighted by atomic mass is 10.1. The molecule has 2 atom stereocenters. The number of rotatable bonds is 7. The van der Waals surface area contributed by atoms with E-state index in [0.29, 0.717) is 19.6 Å². The molecule has 0 aliphatic carbocycles. The van der Waals surface area contributed by atoms with E-state index in [1.165, 1.54) is 0 Å². The van der Waals surface area contributed by atoms with Gasteiger partial charge in [0.25, 0.3) is 0 Å². The van der Waals surface area contributed by atoms with Crippen LogP contribution in [0.15, 0.2) is 18.2 Å². The molecule has 2 unspecified atom stereocenters. The van der Waals surface area contributed by atoms with Crippen LogP contribution in [-0.4, -0.2) is 49.3 Å². The van der Waals surface area contributed by atoms with Crippen molar-refractivity contribution in [2.75, 3.05) is 31.3 Å². The highest BCUT2D eigenvalue weighted by Gasteiger charge is 2.18. The predicted octanol–water partition coefficient (Wildman–Crippen LogP) is 2.69. The van der Waals surface area contributed by atoms with Gasteiger partial charge < -0.3 is 20.1 Å². The Morgan fingerprint density at radius 2 is 2.35 bits per heavy atom. The standard InChI is InChI=1S/C19H28N2O3S.ClH/c1-14-4-5-15(18(9-14)24-12-17-3-2-7-23-17)11-21-19(22)10-16-13-25-8-6-20-16;/h4-5,9,16-17,20H,2-3,6-8,10-13H2,1H3,(H,21,22);1H. The molecule has 26 heavy (non-hydrogen) atoms. The van der Waals surface area contributed by atoms with E-state index in [-0.39, 0.29) is 30.5 Å². The Hall–Kier alpha value is -0.950. The van der Waals surface area contributed by atoms with Crippen LogP contribution in [0, 0.1) is 6.92 Å². The van der Waals surface area contributed by atoms with Gasteiger partial charge >= 0.3 is 0 Å². The number of hydrogen-bond acceptors (Lipinski definition) is 5. The Morgan fingerprint density at radius 1 is 1.46 bits per heavy atom. The minimum Gasteiger partial charge on any atom is -0.491 e. The predicted molar refractivity (Wildman–Crippen MR) is 108 cm³/mol. The number of amides is 1. The summed E-state index contributed by atoms with van der Waals surface area (Å²) in [7, 11) is 0. The lowest BCUT2D eigenvalue weighted by Gasteiger charge is -2.22. The maximum absolute atomic E-state index is 12.2. The third-order valence-electron chi connectivity index (χ3n) is 4.58. The molecule has 2 fully saturated rings. The maximum atomic E-state index is 12.2. The molecule has 2 aliphatic heterocycles. The second-order valence-corrected chi connectivity index (χ2v) is 7.91. The highest BCUT2D eigenvalue weighted by Crippen LogP contribution is 2.22. The summed E-state index contributed by atoms with van der Waals surface area (Å²) < 4.78 is 11.6. The highest BCUT2D eigenvalue weighted by atomic mass is 35.5. The topological polar surface area (TPSA) is 59.6 Å². The molecule has 7 heteroatoms. The summed E-state index contributed by atoms with van der Waals surface area (Å²) in [6.07, 6.45) is 2.89. The fourth-order valence-corrected chi connectivity index (χ4v) is 4.09. The van der Waals surface area contributed by atoms with Crippen LogP contribution in [0.2, 0.25) is 0 Å². The molecule has 5 nitrogen and oxygen atoms in total. The minimum absolute atomic E-state index is 0. The second-order valence-electron chi connectivity index (χ2n) is 6.76. The molecular formula is C19H29ClN2O3S. The van der Waals surface area contributed by atoms with Crippen LogP contribution in [0.3, 0.4) is 0 Å². The summed E-state index contributed by atoms with van der Waals surface area (Å²) >= 11 is 1.91. The molecule has 1 aromatic rings. The van der Waals surface area contributed by atoms with Crippen molar-refractivity contribution in [1.82, 2.24) is 10.6 Å². The monoisotopic (exact) mass is 400 g/mol. The summed E-state index contributed by atoms with van der Waals surface area (Å²) in [5.41, 5.74) is 2.17. The van der Waals surface area contributed by atoms with Gasteiger partial charge in [-0.2, -0.15) is 11.8 Å². The van der Waals surface area contributed by atoms with Gasteiger partial charge in [0.1, 0.15) is 12.4 Å². The number of halogens is 1. The number of ether oxygens (including phenoxy) is 2. The van der Waals surface area contributed by atoms with Crippen LogP contribution in [0.5, 0.6) is 5.75 Å². The molecule has 2 aliphatic rings. The molecule has 3 rings (SSSR count). The van der Waals surface area contributed by atoms with Crippen molar-refractivity contribution in [2.45, 2.75) is 44.9 Å². The van der Waals surface area contributed by atoms with Crippen molar-refractivity contribution >= 4 is 30.1 Å². The number of carbonyl (C=O) groups excluding carboxylic acids is 1. The van der Waals surface area contributed by atoms with E-state index in [0.717, 1.165) is 54.4 Å². The molecule has 2 saturated heterocycles. The molecule has 0 spiro atoms. The van der Waals surface area contributed by atoms with Gasteiger partial charge in [0.05, 0.1) is 6.10 Å². The Morgan fingerprint density at radius 3 is 3.08 bits per heavy atom. The number of benzene rings is 1. The lowest BCUT2D eigenvalue weighted by Crippen LogP contribution is -2.41. The van der Waals surface area contributed by atoms with Gasteiger partial charge in [0.15, 0.2) is 0 Å². The first-order valence-corrected chi connectivity index (χ1v) is 10.3. The summed E-state index contributed by atoms with van der Waals surface area (Å²) in [6, 6.07) is 6.41. The molecule has 1 aromatic carbocycles. The Labute approximate surface area is 166 Å². The van der Waals surface area contributed by atoms with E-state index in [4.69, 9.17) is 9.47 Å². The molecular weight excluding hydrogens is 372 g/mol. The van der Waals surface area contributed by atoms with E-state index < -0.39 is 0 Å². The second kappa shape index (κ2) is 11.0. The molecule has 0 aromatic heterocycles. The number of carbonyl (C=O) groups is 1. The van der Waals surface area contributed by atoms with Gasteiger partial charge in [-0.25, -0.2) is 0 Å². The van der Waals surface area contributed by atoms with Crippen molar-refractivity contribution in [2.24, 2.45) is 0 Å². The van der Waals surface area contributed by atoms with Gasteiger partial charge in [0, 0.05) is 49.2 Å². The molecule has 2 heterocycles. The molecule has 0 radical (unpaired) electrons. The zero-order valence-corrected chi connectivity index (χ0v) is 16.9. The number of hydrogen-bond donors (Lipinski definition) is 2. The van der Waals surface area contributed by atoms with E-state index in [1.807, 2.05) is 30.8 Å². The van der Waals surface area contributed by atoms with Gasteiger partial charge in [-0.05, 0) is 31.4 Å². The van der Waals surface area contributed by atoms with Gasteiger partial charge in [-0.15, -0.1) is 12.4 Å². The van der Waals surface area contributed by atoms with Gasteiger partial charge in [-0.1, -0.05) is 12.1 Å². The first kappa shape index (κ1) is 21.4. The Bertz CT molecular complexity index is 576. The van der Waals surface area contributed by atoms with Gasteiger partial charge in [-0.3, -0.25) is 4.79 Å². The summed E-state index contributed by atoms with van der Waals surface area (Å²) in [6.45, 7) is 4.95. The largest absolute Gasteiger partial charge is 0.491 e. The molecule has 0 saturated carbocycles. The molecule has 146 valence electrons. The van der Waals surface area contributed by atoms with Crippen LogP contribution in [0.25, 0.3) is 0 Å². The molecule has 1 amide bonds. The average molecular weight is 401 g/mol. The number of thioether (sulfide) groups is 1. The first-order chi connectivity index (χ1) is 12.2. The SMILES string of the molecule is Cc1ccc(CNC(=O)CC2CSCCN2)c(OCC2CCCO2)c1.Cl. The van der Waals surface area contributed by atoms with Crippen molar-refractivity contribution in [3.8, 4) is 5.75 Å². The van der Waals surface area contributed by atoms with Crippen LogP contribution < -0.4 is 15.4 Å². The third kappa shape index (κ3) is 6.65. The van der Waals surface area contributed by atoms with Gasteiger partial charge in [0.2, 0.25) is 5.91 Å². The maximum Gasteiger partial charge on any atom is 0.221 e. The average Bonchev–Trinajstić information content (AvgIpc) is 3.13. The fourth-order valence-electron chi connectivity index (χ4n) is 3.14. The van der Waals surface area contributed by atoms with Crippen molar-refractivity contribution in [1.29, 1.82) is 0 Å². The number of aryl methyl sites for hydroxylation is 1. The summed E-state index contributed by atoms with van der Waals surface area (Å²) in [5, 5.41) is 6.43. The normalized spacial score (nSPS) is 22.5. The van der Waals surface area contributed by atoms with E-state index in [9.17, 15) is 4.79 Å². The first-order valence-electron chi connectivity index (χ1n) is 9.12. The zero-order valence-electron chi connectivity index (χ0n) is 15.3. The Balaban J connectivity index is 0.00000243. The zero-order chi connectivity index (χ0) is 17.5. The van der Waals surface area contributed by atoms with Crippen LogP contribution >= 0.6 is 24.2 Å². The molecule has 2 N–H and O–H groups in total. The van der Waals surface area contributed by atoms with Crippen LogP contribution in [0.4, 0.5) is 0 Å². The van der Waals surface area contributed by atoms with Crippen molar-refractivity contribution in [3.05, 3.63) is 29.3 Å². The van der Waals surface area contributed by atoms with Crippen LogP contribution in [-0.2, 0) is 16.1 Å². The third-order valence-corrected chi connectivity index (χ3v) is 5.71. The Kier molecular flexibility index (Phi) is 9.05. The quantitative estimate of drug-likeness (QED) is 0.736.